The van der Waals surface area contributed by atoms with Crippen LogP contribution in [0.4, 0.5) is 17.1 Å². The summed E-state index contributed by atoms with van der Waals surface area (Å²) >= 11 is 0. The van der Waals surface area contributed by atoms with Crippen molar-refractivity contribution in [1.29, 1.82) is 5.26 Å². The molecule has 0 amide bonds. The molecule has 54 heavy (non-hydrogen) atoms. The first-order valence-corrected chi connectivity index (χ1v) is 19.8. The lowest BCUT2D eigenvalue weighted by atomic mass is 9.43. The van der Waals surface area contributed by atoms with E-state index in [9.17, 15) is 5.26 Å². The summed E-state index contributed by atoms with van der Waals surface area (Å²) in [6.45, 7) is 0. The number of anilines is 3. The van der Waals surface area contributed by atoms with Crippen LogP contribution in [0.1, 0.15) is 48.8 Å². The van der Waals surface area contributed by atoms with E-state index in [2.05, 4.69) is 167 Å². The molecule has 3 heteroatoms. The smallest absolute Gasteiger partial charge is 0.0999 e. The molecule has 3 nitrogen and oxygen atoms in total. The van der Waals surface area contributed by atoms with E-state index in [4.69, 9.17) is 0 Å². The van der Waals surface area contributed by atoms with Gasteiger partial charge in [0.25, 0.3) is 0 Å². The van der Waals surface area contributed by atoms with E-state index in [-0.39, 0.29) is 5.41 Å². The maximum atomic E-state index is 11.2. The number of benzene rings is 7. The van der Waals surface area contributed by atoms with Gasteiger partial charge in [-0.15, -0.1) is 0 Å². The molecule has 7 aromatic carbocycles. The number of hydrogen-bond donors (Lipinski definition) is 0. The van der Waals surface area contributed by atoms with Gasteiger partial charge in [-0.1, -0.05) is 103 Å². The van der Waals surface area contributed by atoms with Crippen LogP contribution in [-0.4, -0.2) is 4.57 Å². The monoisotopic (exact) mass is 693 g/mol. The molecular formula is C51H39N3. The van der Waals surface area contributed by atoms with Crippen LogP contribution in [-0.2, 0) is 5.41 Å². The number of aromatic nitrogens is 1. The summed E-state index contributed by atoms with van der Waals surface area (Å²) in [5, 5.41) is 16.2. The third-order valence-corrected chi connectivity index (χ3v) is 13.9. The summed E-state index contributed by atoms with van der Waals surface area (Å²) in [6, 6.07) is 58.3. The molecule has 0 saturated heterocycles. The van der Waals surface area contributed by atoms with Crippen LogP contribution in [0.25, 0.3) is 49.4 Å². The van der Waals surface area contributed by atoms with Gasteiger partial charge in [0.05, 0.1) is 34.0 Å². The largest absolute Gasteiger partial charge is 0.310 e. The van der Waals surface area contributed by atoms with E-state index >= 15 is 0 Å². The van der Waals surface area contributed by atoms with Crippen molar-refractivity contribution < 1.29 is 0 Å². The topological polar surface area (TPSA) is 32.0 Å². The van der Waals surface area contributed by atoms with Gasteiger partial charge in [0, 0.05) is 38.5 Å². The summed E-state index contributed by atoms with van der Waals surface area (Å²) in [5.74, 6) is 2.68. The zero-order valence-corrected chi connectivity index (χ0v) is 30.1. The van der Waals surface area contributed by atoms with Gasteiger partial charge in [-0.25, -0.2) is 0 Å². The van der Waals surface area contributed by atoms with Crippen molar-refractivity contribution in [3.8, 4) is 22.9 Å². The van der Waals surface area contributed by atoms with Crippen LogP contribution < -0.4 is 4.90 Å². The van der Waals surface area contributed by atoms with Crippen molar-refractivity contribution in [3.05, 3.63) is 168 Å². The highest BCUT2D eigenvalue weighted by atomic mass is 15.1. The summed E-state index contributed by atoms with van der Waals surface area (Å²) in [5.41, 5.74) is 12.9. The van der Waals surface area contributed by atoms with Gasteiger partial charge in [0.1, 0.15) is 0 Å². The zero-order valence-electron chi connectivity index (χ0n) is 30.1. The zero-order chi connectivity index (χ0) is 35.5. The Morgan fingerprint density at radius 1 is 0.574 bits per heavy atom. The third-order valence-electron chi connectivity index (χ3n) is 13.9. The number of nitrogens with zero attached hydrogens (tertiary/aromatic N) is 3. The standard InChI is InChI=1S/C51H39N3/c52-31-35-29-39(53(38-14-2-1-3-15-38)45-22-10-13-34-12-4-5-16-40(34)45)30-44-49(35)43-19-11-23-48(50(43)51(44)36-25-32-24-33(27-36)28-37(51)26-32)54-46-20-8-6-17-41(46)42-18-7-9-21-47(42)54/h1-23,29-30,32-33,36-37H,24-28H2. The van der Waals surface area contributed by atoms with Gasteiger partial charge < -0.3 is 9.47 Å². The second-order valence-corrected chi connectivity index (χ2v) is 16.4. The Morgan fingerprint density at radius 3 is 1.89 bits per heavy atom. The molecule has 0 atom stereocenters. The summed E-state index contributed by atoms with van der Waals surface area (Å²) < 4.78 is 2.56. The maximum absolute atomic E-state index is 11.2. The van der Waals surface area contributed by atoms with Gasteiger partial charge in [-0.05, 0) is 126 Å². The van der Waals surface area contributed by atoms with E-state index in [1.165, 1.54) is 87.1 Å². The molecule has 4 fully saturated rings. The van der Waals surface area contributed by atoms with Crippen LogP contribution in [0.15, 0.2) is 152 Å². The molecule has 258 valence electrons. The average molecular weight is 694 g/mol. The quantitative estimate of drug-likeness (QED) is 0.184. The van der Waals surface area contributed by atoms with E-state index in [0.29, 0.717) is 11.8 Å². The first-order chi connectivity index (χ1) is 26.7. The van der Waals surface area contributed by atoms with Crippen LogP contribution in [0.5, 0.6) is 0 Å². The SMILES string of the molecule is N#Cc1cc(N(c2ccccc2)c2cccc3ccccc23)cc2c1-c1cccc(-n3c4ccccc4c4ccccc43)c1C21C2CC3CC(C2)CC1C3. The fourth-order valence-corrected chi connectivity index (χ4v) is 12.3. The molecule has 0 N–H and O–H groups in total. The van der Waals surface area contributed by atoms with Gasteiger partial charge in [0.2, 0.25) is 0 Å². The first kappa shape index (κ1) is 30.4. The van der Waals surface area contributed by atoms with Crippen molar-refractivity contribution >= 4 is 49.6 Å². The summed E-state index contributed by atoms with van der Waals surface area (Å²) in [7, 11) is 0. The number of nitriles is 1. The minimum Gasteiger partial charge on any atom is -0.310 e. The number of hydrogen-bond acceptors (Lipinski definition) is 2. The van der Waals surface area contributed by atoms with Gasteiger partial charge in [-0.3, -0.25) is 0 Å². The summed E-state index contributed by atoms with van der Waals surface area (Å²) in [4.78, 5) is 2.41. The Balaban J connectivity index is 1.18. The van der Waals surface area contributed by atoms with Crippen molar-refractivity contribution in [1.82, 2.24) is 4.57 Å². The van der Waals surface area contributed by atoms with E-state index in [1.54, 1.807) is 0 Å². The molecular weight excluding hydrogens is 655 g/mol. The fourth-order valence-electron chi connectivity index (χ4n) is 12.3. The molecule has 0 aliphatic heterocycles. The molecule has 1 spiro atoms. The molecule has 1 heterocycles. The van der Waals surface area contributed by atoms with Crippen molar-refractivity contribution in [3.63, 3.8) is 0 Å². The highest BCUT2D eigenvalue weighted by Gasteiger charge is 2.63. The molecule has 4 bridgehead atoms. The molecule has 5 aliphatic carbocycles. The normalized spacial score (nSPS) is 23.2. The Morgan fingerprint density at radius 2 is 1.19 bits per heavy atom. The number of rotatable bonds is 4. The predicted molar refractivity (Wildman–Crippen MR) is 221 cm³/mol. The second kappa shape index (κ2) is 11.2. The minimum atomic E-state index is -0.177. The Bertz CT molecular complexity index is 2790. The van der Waals surface area contributed by atoms with Gasteiger partial charge >= 0.3 is 0 Å². The van der Waals surface area contributed by atoms with Crippen LogP contribution in [0.3, 0.4) is 0 Å². The average Bonchev–Trinajstić information content (AvgIpc) is 3.71. The summed E-state index contributed by atoms with van der Waals surface area (Å²) in [6.07, 6.45) is 6.47. The molecule has 1 aromatic heterocycles. The molecule has 0 radical (unpaired) electrons. The van der Waals surface area contributed by atoms with Crippen molar-refractivity contribution in [2.24, 2.45) is 23.7 Å². The number of fused-ring (bicyclic) bond motifs is 7. The fraction of sp³-hybridized carbons (Fsp3) is 0.196. The van der Waals surface area contributed by atoms with E-state index in [1.807, 2.05) is 0 Å². The molecule has 4 saturated carbocycles. The van der Waals surface area contributed by atoms with E-state index in [0.717, 1.165) is 40.0 Å². The Hall–Kier alpha value is -6.11. The minimum absolute atomic E-state index is 0.177. The molecule has 13 rings (SSSR count). The lowest BCUT2D eigenvalue weighted by molar-refractivity contribution is -0.0399. The second-order valence-electron chi connectivity index (χ2n) is 16.4. The van der Waals surface area contributed by atoms with Gasteiger partial charge in [0.15, 0.2) is 0 Å². The lowest BCUT2D eigenvalue weighted by Gasteiger charge is -2.61. The highest BCUT2D eigenvalue weighted by Crippen LogP contribution is 2.71. The Kier molecular flexibility index (Phi) is 6.30. The Labute approximate surface area is 315 Å². The van der Waals surface area contributed by atoms with Crippen molar-refractivity contribution in [2.75, 3.05) is 4.90 Å². The third kappa shape index (κ3) is 3.96. The van der Waals surface area contributed by atoms with Crippen LogP contribution in [0, 0.1) is 35.0 Å². The molecule has 5 aliphatic rings. The maximum Gasteiger partial charge on any atom is 0.0999 e. The van der Waals surface area contributed by atoms with Crippen LogP contribution in [0.2, 0.25) is 0 Å². The van der Waals surface area contributed by atoms with E-state index < -0.39 is 0 Å². The molecule has 8 aromatic rings. The molecule has 0 unspecified atom stereocenters. The number of para-hydroxylation sites is 3. The highest BCUT2D eigenvalue weighted by molar-refractivity contribution is 6.10. The lowest BCUT2D eigenvalue weighted by Crippen LogP contribution is -2.55. The van der Waals surface area contributed by atoms with Crippen LogP contribution >= 0.6 is 0 Å². The van der Waals surface area contributed by atoms with Gasteiger partial charge in [-0.2, -0.15) is 5.26 Å². The predicted octanol–water partition coefficient (Wildman–Crippen LogP) is 13.0. The first-order valence-electron chi connectivity index (χ1n) is 19.8. The van der Waals surface area contributed by atoms with Crippen molar-refractivity contribution in [2.45, 2.75) is 37.5 Å².